The number of nitrogens with one attached hydrogen (secondary N) is 1. The van der Waals surface area contributed by atoms with Gasteiger partial charge in [-0.2, -0.15) is 0 Å². The van der Waals surface area contributed by atoms with E-state index >= 15 is 0 Å². The average molecular weight is 312 g/mol. The standard InChI is InChI=1S/C14H18ClN3OS/c1-10(2)4-16-7-14-18-12(9-20-14)8-19-13-3-11(15)5-17-6-13/h3,5-6,9-10,16H,4,7-8H2,1-2H3. The summed E-state index contributed by atoms with van der Waals surface area (Å²) in [6.07, 6.45) is 3.22. The number of rotatable bonds is 7. The number of pyridine rings is 1. The predicted octanol–water partition coefficient (Wildman–Crippen LogP) is 3.52. The van der Waals surface area contributed by atoms with Gasteiger partial charge in [-0.3, -0.25) is 4.98 Å². The van der Waals surface area contributed by atoms with E-state index in [0.29, 0.717) is 23.3 Å². The van der Waals surface area contributed by atoms with Crippen molar-refractivity contribution in [3.63, 3.8) is 0 Å². The number of nitrogens with zero attached hydrogens (tertiary/aromatic N) is 2. The lowest BCUT2D eigenvalue weighted by Gasteiger charge is -2.05. The highest BCUT2D eigenvalue weighted by Gasteiger charge is 2.04. The summed E-state index contributed by atoms with van der Waals surface area (Å²) < 4.78 is 5.61. The van der Waals surface area contributed by atoms with E-state index in [0.717, 1.165) is 23.8 Å². The molecule has 2 aromatic heterocycles. The van der Waals surface area contributed by atoms with E-state index in [-0.39, 0.29) is 0 Å². The number of halogens is 1. The normalized spacial score (nSPS) is 11.0. The van der Waals surface area contributed by atoms with Crippen LogP contribution in [-0.2, 0) is 13.2 Å². The molecule has 0 aliphatic rings. The SMILES string of the molecule is CC(C)CNCc1nc(COc2cncc(Cl)c2)cs1. The fraction of sp³-hybridized carbons (Fsp3) is 0.429. The van der Waals surface area contributed by atoms with Gasteiger partial charge in [-0.1, -0.05) is 25.4 Å². The van der Waals surface area contributed by atoms with Crippen LogP contribution in [0.5, 0.6) is 5.75 Å². The number of hydrogen-bond donors (Lipinski definition) is 1. The molecule has 0 spiro atoms. The third-order valence-corrected chi connectivity index (χ3v) is 3.60. The van der Waals surface area contributed by atoms with E-state index in [9.17, 15) is 0 Å². The number of hydrogen-bond acceptors (Lipinski definition) is 5. The lowest BCUT2D eigenvalue weighted by molar-refractivity contribution is 0.300. The molecule has 2 rings (SSSR count). The van der Waals surface area contributed by atoms with Gasteiger partial charge in [0, 0.05) is 24.2 Å². The molecule has 0 bridgehead atoms. The van der Waals surface area contributed by atoms with Crippen molar-refractivity contribution < 1.29 is 4.74 Å². The zero-order valence-corrected chi connectivity index (χ0v) is 13.2. The van der Waals surface area contributed by atoms with Crippen LogP contribution < -0.4 is 10.1 Å². The Bertz CT molecular complexity index is 545. The highest BCUT2D eigenvalue weighted by atomic mass is 35.5. The van der Waals surface area contributed by atoms with Crippen LogP contribution in [-0.4, -0.2) is 16.5 Å². The van der Waals surface area contributed by atoms with Crippen LogP contribution >= 0.6 is 22.9 Å². The van der Waals surface area contributed by atoms with E-state index in [2.05, 4.69) is 29.1 Å². The largest absolute Gasteiger partial charge is 0.486 e. The molecule has 0 unspecified atom stereocenters. The first-order chi connectivity index (χ1) is 9.63. The highest BCUT2D eigenvalue weighted by Crippen LogP contribution is 2.17. The second-order valence-corrected chi connectivity index (χ2v) is 6.26. The van der Waals surface area contributed by atoms with Gasteiger partial charge in [0.15, 0.2) is 0 Å². The van der Waals surface area contributed by atoms with Gasteiger partial charge < -0.3 is 10.1 Å². The molecule has 0 aliphatic heterocycles. The van der Waals surface area contributed by atoms with E-state index in [4.69, 9.17) is 16.3 Å². The van der Waals surface area contributed by atoms with Crippen LogP contribution in [0.2, 0.25) is 5.02 Å². The molecule has 0 fully saturated rings. The molecule has 6 heteroatoms. The van der Waals surface area contributed by atoms with Crippen molar-refractivity contribution in [3.8, 4) is 5.75 Å². The Hall–Kier alpha value is -1.17. The maximum Gasteiger partial charge on any atom is 0.139 e. The Labute approximate surface area is 128 Å². The molecular weight excluding hydrogens is 294 g/mol. The van der Waals surface area contributed by atoms with Gasteiger partial charge in [0.05, 0.1) is 16.9 Å². The van der Waals surface area contributed by atoms with E-state index < -0.39 is 0 Å². The topological polar surface area (TPSA) is 47.0 Å². The fourth-order valence-electron chi connectivity index (χ4n) is 1.59. The van der Waals surface area contributed by atoms with Gasteiger partial charge in [0.25, 0.3) is 0 Å². The first-order valence-corrected chi connectivity index (χ1v) is 7.76. The summed E-state index contributed by atoms with van der Waals surface area (Å²) in [5.41, 5.74) is 0.927. The molecule has 0 amide bonds. The Morgan fingerprint density at radius 3 is 3.00 bits per heavy atom. The third kappa shape index (κ3) is 5.07. The quantitative estimate of drug-likeness (QED) is 0.850. The molecule has 0 saturated heterocycles. The molecule has 108 valence electrons. The Morgan fingerprint density at radius 2 is 2.25 bits per heavy atom. The molecule has 2 heterocycles. The monoisotopic (exact) mass is 311 g/mol. The van der Waals surface area contributed by atoms with E-state index in [1.54, 1.807) is 29.8 Å². The molecule has 2 aromatic rings. The van der Waals surface area contributed by atoms with Crippen LogP contribution in [0.1, 0.15) is 24.5 Å². The second kappa shape index (κ2) is 7.57. The van der Waals surface area contributed by atoms with Crippen molar-refractivity contribution in [1.82, 2.24) is 15.3 Å². The average Bonchev–Trinajstić information content (AvgIpc) is 2.84. The zero-order chi connectivity index (χ0) is 14.4. The minimum Gasteiger partial charge on any atom is -0.486 e. The van der Waals surface area contributed by atoms with Crippen molar-refractivity contribution in [2.24, 2.45) is 5.92 Å². The summed E-state index contributed by atoms with van der Waals surface area (Å²) in [7, 11) is 0. The maximum absolute atomic E-state index is 5.85. The van der Waals surface area contributed by atoms with Crippen LogP contribution in [0, 0.1) is 5.92 Å². The lowest BCUT2D eigenvalue weighted by atomic mass is 10.2. The molecule has 0 radical (unpaired) electrons. The smallest absolute Gasteiger partial charge is 0.139 e. The van der Waals surface area contributed by atoms with Crippen LogP contribution in [0.25, 0.3) is 0 Å². The summed E-state index contributed by atoms with van der Waals surface area (Å²) in [5, 5.41) is 7.04. The first-order valence-electron chi connectivity index (χ1n) is 6.51. The number of aromatic nitrogens is 2. The maximum atomic E-state index is 5.85. The van der Waals surface area contributed by atoms with Crippen molar-refractivity contribution in [2.75, 3.05) is 6.54 Å². The molecule has 1 N–H and O–H groups in total. The predicted molar refractivity (Wildman–Crippen MR) is 82.2 cm³/mol. The molecule has 0 atom stereocenters. The van der Waals surface area contributed by atoms with Crippen molar-refractivity contribution in [3.05, 3.63) is 39.6 Å². The molecule has 4 nitrogen and oxygen atoms in total. The second-order valence-electron chi connectivity index (χ2n) is 4.88. The summed E-state index contributed by atoms with van der Waals surface area (Å²) in [6.45, 7) is 6.62. The lowest BCUT2D eigenvalue weighted by Crippen LogP contribution is -2.18. The summed E-state index contributed by atoms with van der Waals surface area (Å²) in [6, 6.07) is 1.74. The minimum absolute atomic E-state index is 0.433. The van der Waals surface area contributed by atoms with Gasteiger partial charge in [-0.25, -0.2) is 4.98 Å². The van der Waals surface area contributed by atoms with Crippen LogP contribution in [0.15, 0.2) is 23.8 Å². The molecule has 0 saturated carbocycles. The summed E-state index contributed by atoms with van der Waals surface area (Å²) in [5.74, 6) is 1.30. The fourth-order valence-corrected chi connectivity index (χ4v) is 2.50. The number of ether oxygens (including phenoxy) is 1. The summed E-state index contributed by atoms with van der Waals surface area (Å²) in [4.78, 5) is 8.50. The minimum atomic E-state index is 0.433. The van der Waals surface area contributed by atoms with Crippen molar-refractivity contribution in [2.45, 2.75) is 27.0 Å². The van der Waals surface area contributed by atoms with Crippen LogP contribution in [0.3, 0.4) is 0 Å². The van der Waals surface area contributed by atoms with Crippen molar-refractivity contribution in [1.29, 1.82) is 0 Å². The van der Waals surface area contributed by atoms with Gasteiger partial charge in [0.1, 0.15) is 17.4 Å². The van der Waals surface area contributed by atoms with Gasteiger partial charge in [0.2, 0.25) is 0 Å². The van der Waals surface area contributed by atoms with Crippen molar-refractivity contribution >= 4 is 22.9 Å². The summed E-state index contributed by atoms with van der Waals surface area (Å²) >= 11 is 7.49. The molecule has 0 aliphatic carbocycles. The molecule has 0 aromatic carbocycles. The Kier molecular flexibility index (Phi) is 5.76. The zero-order valence-electron chi connectivity index (χ0n) is 11.6. The highest BCUT2D eigenvalue weighted by molar-refractivity contribution is 7.09. The third-order valence-electron chi connectivity index (χ3n) is 2.49. The Balaban J connectivity index is 1.80. The first kappa shape index (κ1) is 15.2. The number of thiazole rings is 1. The van der Waals surface area contributed by atoms with E-state index in [1.807, 2.05) is 5.38 Å². The van der Waals surface area contributed by atoms with Gasteiger partial charge in [-0.05, 0) is 12.5 Å². The van der Waals surface area contributed by atoms with Gasteiger partial charge in [-0.15, -0.1) is 11.3 Å². The molecular formula is C14H18ClN3OS. The van der Waals surface area contributed by atoms with Gasteiger partial charge >= 0.3 is 0 Å². The van der Waals surface area contributed by atoms with E-state index in [1.165, 1.54) is 0 Å². The molecule has 20 heavy (non-hydrogen) atoms. The van der Waals surface area contributed by atoms with Crippen LogP contribution in [0.4, 0.5) is 0 Å². The Morgan fingerprint density at radius 1 is 1.40 bits per heavy atom.